The summed E-state index contributed by atoms with van der Waals surface area (Å²) in [6.45, 7) is 20.8. The second-order valence-electron chi connectivity index (χ2n) is 41.3. The number of aliphatic hydroxyl groups is 1. The zero-order chi connectivity index (χ0) is 100. The van der Waals surface area contributed by atoms with Gasteiger partial charge >= 0.3 is 12.0 Å². The minimum absolute atomic E-state index is 0.00453. The Morgan fingerprint density at radius 1 is 0.525 bits per heavy atom. The maximum absolute atomic E-state index is 15.1. The van der Waals surface area contributed by atoms with Crippen LogP contribution in [0.1, 0.15) is 243 Å². The molecule has 0 bridgehead atoms. The number of aliphatic hydroxyl groups excluding tert-OH is 1. The van der Waals surface area contributed by atoms with Gasteiger partial charge in [0, 0.05) is 82.1 Å². The summed E-state index contributed by atoms with van der Waals surface area (Å²) in [4.78, 5) is 152. The van der Waals surface area contributed by atoms with Gasteiger partial charge in [-0.3, -0.25) is 53.3 Å². The van der Waals surface area contributed by atoms with Gasteiger partial charge in [0.25, 0.3) is 0 Å². The second-order valence-corrected chi connectivity index (χ2v) is 41.3. The molecule has 0 radical (unpaired) electrons. The third kappa shape index (κ3) is 36.3. The number of unbranched alkanes of at least 4 members (excludes halogenated alkanes) is 1. The number of quaternary nitrogens is 1. The van der Waals surface area contributed by atoms with Gasteiger partial charge < -0.3 is 111 Å². The Morgan fingerprint density at radius 3 is 1.67 bits per heavy atom. The van der Waals surface area contributed by atoms with Crippen molar-refractivity contribution in [1.82, 2.24) is 42.5 Å². The van der Waals surface area contributed by atoms with Crippen molar-refractivity contribution in [3.8, 4) is 11.8 Å². The summed E-state index contributed by atoms with van der Waals surface area (Å²) in [6, 6.07) is 7.31. The number of nitrogens with one attached hydrogen (secondary N) is 9. The first-order valence-corrected chi connectivity index (χ1v) is 51.6. The molecule has 2 aromatic carbocycles. The highest BCUT2D eigenvalue weighted by Gasteiger charge is 2.59. The molecule has 14 N–H and O–H groups in total. The van der Waals surface area contributed by atoms with Crippen molar-refractivity contribution in [2.45, 2.75) is 270 Å². The van der Waals surface area contributed by atoms with Crippen LogP contribution in [0.3, 0.4) is 0 Å². The van der Waals surface area contributed by atoms with Crippen LogP contribution in [-0.2, 0) is 119 Å². The highest BCUT2D eigenvalue weighted by molar-refractivity contribution is 6.02. The molecule has 0 heterocycles. The number of carbonyl (C=O) groups excluding carboxylic acids is 11. The summed E-state index contributed by atoms with van der Waals surface area (Å²) < 4.78 is 57.9. The summed E-state index contributed by atoms with van der Waals surface area (Å²) in [5.74, 6) is 2.14. The topological polar surface area (TPSA) is 461 Å². The van der Waals surface area contributed by atoms with E-state index in [2.05, 4.69) is 127 Å². The fourth-order valence-electron chi connectivity index (χ4n) is 21.6. The van der Waals surface area contributed by atoms with E-state index < -0.39 is 88.6 Å². The van der Waals surface area contributed by atoms with E-state index in [4.69, 9.17) is 58.8 Å². The van der Waals surface area contributed by atoms with E-state index in [0.717, 1.165) is 105 Å². The average molecular weight is 1950 g/mol. The summed E-state index contributed by atoms with van der Waals surface area (Å²) >= 11 is 0. The molecule has 139 heavy (non-hydrogen) atoms. The van der Waals surface area contributed by atoms with Gasteiger partial charge in [0.05, 0.1) is 169 Å². The molecule has 778 valence electrons. The van der Waals surface area contributed by atoms with Crippen molar-refractivity contribution in [3.05, 3.63) is 75.6 Å². The Bertz CT molecular complexity index is 4380. The van der Waals surface area contributed by atoms with Gasteiger partial charge in [0.2, 0.25) is 47.3 Å². The lowest BCUT2D eigenvalue weighted by atomic mass is 9.49. The highest BCUT2D eigenvalue weighted by atomic mass is 16.6. The van der Waals surface area contributed by atoms with Gasteiger partial charge in [-0.15, -0.1) is 11.8 Å². The van der Waals surface area contributed by atoms with Gasteiger partial charge in [-0.2, -0.15) is 0 Å². The predicted molar refractivity (Wildman–Crippen MR) is 527 cm³/mol. The molecule has 2 aromatic rings. The fourth-order valence-corrected chi connectivity index (χ4v) is 21.6. The average Bonchev–Trinajstić information content (AvgIpc) is 1.42. The second kappa shape index (κ2) is 58.1. The third-order valence-electron chi connectivity index (χ3n) is 29.6. The Hall–Kier alpha value is -8.73. The third-order valence-corrected chi connectivity index (χ3v) is 29.6. The number of nitrogens with two attached hydrogens (primary N) is 2. The zero-order valence-corrected chi connectivity index (χ0v) is 84.9. The maximum atomic E-state index is 15.1. The largest absolute Gasteiger partial charge is 0.465 e. The Balaban J connectivity index is 0.740. The number of nitrogens with zero attached hydrogens (tertiary/aromatic N) is 1. The van der Waals surface area contributed by atoms with Crippen molar-refractivity contribution in [2.24, 2.45) is 63.7 Å². The normalized spacial score (nSPS) is 23.5. The summed E-state index contributed by atoms with van der Waals surface area (Å²) in [6.07, 6.45) is 17.1. The van der Waals surface area contributed by atoms with Crippen LogP contribution in [0.25, 0.3) is 0 Å². The number of ketones is 1. The van der Waals surface area contributed by atoms with Crippen molar-refractivity contribution < 1.29 is 110 Å². The molecule has 14 atom stereocenters. The number of esters is 1. The van der Waals surface area contributed by atoms with Crippen molar-refractivity contribution in [3.63, 3.8) is 0 Å². The zero-order valence-electron chi connectivity index (χ0n) is 84.9. The lowest BCUT2D eigenvalue weighted by Crippen LogP contribution is -2.60. The number of likely N-dealkylation sites (N-methyl/N-ethyl adjacent to an activating group) is 1. The van der Waals surface area contributed by atoms with Gasteiger partial charge in [-0.05, 0) is 203 Å². The highest BCUT2D eigenvalue weighted by Crippen LogP contribution is 2.60. The first-order chi connectivity index (χ1) is 66.7. The number of ether oxygens (including phenoxy) is 10. The lowest BCUT2D eigenvalue weighted by molar-refractivity contribution is -0.869. The first-order valence-electron chi connectivity index (χ1n) is 51.6. The van der Waals surface area contributed by atoms with Crippen LogP contribution in [0.4, 0.5) is 10.5 Å². The smallest absolute Gasteiger partial charge is 0.312 e. The molecule has 0 spiro atoms. The van der Waals surface area contributed by atoms with Gasteiger partial charge in [-0.25, -0.2) is 4.79 Å². The molecule has 3 saturated carbocycles. The van der Waals surface area contributed by atoms with E-state index in [1.807, 2.05) is 19.1 Å². The van der Waals surface area contributed by atoms with E-state index in [-0.39, 0.29) is 131 Å². The molecule has 3 fully saturated rings. The number of hydrogen-bond donors (Lipinski definition) is 12. The quantitative estimate of drug-likeness (QED) is 0.00973. The van der Waals surface area contributed by atoms with Crippen molar-refractivity contribution >= 4 is 70.7 Å². The fraction of sp³-hybridized carbons (Fsp3) is 0.743. The Labute approximate surface area is 824 Å². The summed E-state index contributed by atoms with van der Waals surface area (Å²) in [7, 11) is 6.22. The molecule has 0 saturated heterocycles. The SMILES string of the molecule is Cc1ccc2c(c1)[C@@]1(C)CCC[C@](C)(C(=O)NC(=O)[C@@]3(C)CCC[C@]4(C)c5cc(NC(=O)[C@H](CO)NC(=O)[C@H](CCCNC(N)=O)NC(=O)[C@@H](NC(=O)[C@@H](CCCCNC(=O)COC6CCCCCC(NCCOCCOCCOCCOCCC(=O)NCC[N+](C)(C)C)=C6N)CC(=O)CCOCCOCCOCCOCCCC(=O)OCC6[C@H]7CCC#CCC[C@@H]67)C(C)C)ccc5CC[C@@H]34)[C@@H]1CC2. The van der Waals surface area contributed by atoms with E-state index >= 15 is 4.79 Å². The number of rotatable bonds is 63. The molecular formula is C105H167N12O22+. The minimum atomic E-state index is -1.54. The predicted octanol–water partition coefficient (Wildman–Crippen LogP) is 8.32. The lowest BCUT2D eigenvalue weighted by Gasteiger charge is -2.56. The summed E-state index contributed by atoms with van der Waals surface area (Å²) in [5, 5.41) is 36.9. The molecule has 9 rings (SSSR count). The number of Topliss-reactive ketones (excluding diaryl/α,β-unsaturated/α-hetero) is 1. The minimum Gasteiger partial charge on any atom is -0.465 e. The van der Waals surface area contributed by atoms with Crippen LogP contribution in [0.5, 0.6) is 0 Å². The van der Waals surface area contributed by atoms with Gasteiger partial charge in [-0.1, -0.05) is 103 Å². The van der Waals surface area contributed by atoms with Crippen LogP contribution in [0.2, 0.25) is 0 Å². The van der Waals surface area contributed by atoms with Crippen LogP contribution in [-0.4, -0.2) is 278 Å². The number of allylic oxidation sites excluding steroid dienone is 1. The van der Waals surface area contributed by atoms with E-state index in [1.54, 1.807) is 19.9 Å². The van der Waals surface area contributed by atoms with E-state index in [0.29, 0.717) is 205 Å². The number of aryl methyl sites for hydroxylation is 3. The molecule has 7 aliphatic carbocycles. The van der Waals surface area contributed by atoms with E-state index in [9.17, 15) is 53.1 Å². The standard InChI is InChI=1S/C105H166N12O22/c1-72(2)94(98(126)113-85(28-20-46-111-101(107)129)96(124)114-86(69-118)97(125)112-77-36-33-75-35-38-89-103(5,83(75)68-77)42-23-44-105(89,7)100(128)116-99(127)104(6)43-22-41-102(4)82-66-73(3)31-32-74(82)34-37-88(102)104)115-95(123)76(67-78(119)39-51-131-55-59-135-63-62-134-58-54-130-50-21-30-92(122)139-70-81-79-25-14-11-12-15-26-80(79)81)24-18-19-45-109-91(121)71-138-87-29-17-13-16-27-84(93(87)106)108-48-53-133-57-61-137-65-64-136-60-56-132-52-40-90(120)110-47-49-117(8,9)10/h31-33,36,66,68,72,76,79-81,85-89,94,108,118H,13-30,34-35,37-65,67,69-71,106H2,1-10H3,(H9-,107,109,110,111,112,113,114,115,116,120,121,123,124,125,126,127,128,129)/p+1/t76-,79-,80+,81?,85-,86-,87?,88+,89+,94-,102+,103+,104-,105-/m0/s1. The molecular weight excluding hydrogens is 1780 g/mol. The number of benzene rings is 2. The number of carbonyl (C=O) groups is 11. The number of urea groups is 1. The van der Waals surface area contributed by atoms with Crippen LogP contribution >= 0.6 is 0 Å². The Kier molecular flexibility index (Phi) is 47.6. The van der Waals surface area contributed by atoms with Crippen LogP contribution in [0, 0.1) is 71.0 Å². The molecule has 34 nitrogen and oxygen atoms in total. The number of anilines is 1. The summed E-state index contributed by atoms with van der Waals surface area (Å²) in [5.41, 5.74) is 17.4. The van der Waals surface area contributed by atoms with Crippen molar-refractivity contribution in [2.75, 3.05) is 185 Å². The monoisotopic (exact) mass is 1950 g/mol. The maximum Gasteiger partial charge on any atom is 0.312 e. The van der Waals surface area contributed by atoms with Gasteiger partial charge in [0.15, 0.2) is 0 Å². The number of fused-ring (bicyclic) bond motifs is 7. The van der Waals surface area contributed by atoms with E-state index in [1.165, 1.54) is 16.7 Å². The number of amides is 10. The first kappa shape index (κ1) is 114. The number of hydrogen-bond acceptors (Lipinski definition) is 24. The number of imide groups is 1. The van der Waals surface area contributed by atoms with Gasteiger partial charge in [0.1, 0.15) is 30.5 Å². The molecule has 34 heteroatoms. The molecule has 0 aromatic heterocycles. The van der Waals surface area contributed by atoms with Crippen molar-refractivity contribution in [1.29, 1.82) is 0 Å². The molecule has 10 amide bonds. The molecule has 7 aliphatic rings. The number of primary amides is 1. The van der Waals surface area contributed by atoms with Crippen LogP contribution < -0.4 is 59.3 Å². The molecule has 0 aliphatic heterocycles. The Morgan fingerprint density at radius 2 is 1.08 bits per heavy atom. The van der Waals surface area contributed by atoms with Crippen LogP contribution in [0.15, 0.2) is 47.8 Å². The molecule has 2 unspecified atom stereocenters.